The largest absolute Gasteiger partial charge is 0.487 e. The zero-order valence-corrected chi connectivity index (χ0v) is 20.7. The van der Waals surface area contributed by atoms with Crippen LogP contribution < -0.4 is 10.1 Å². The normalized spacial score (nSPS) is 11.1. The zero-order valence-electron chi connectivity index (χ0n) is 20.7. The maximum atomic E-state index is 12.9. The Labute approximate surface area is 208 Å². The number of carbonyl (C=O) groups is 1. The highest BCUT2D eigenvalue weighted by Gasteiger charge is 2.18. The number of hydrogen-bond acceptors (Lipinski definition) is 6. The van der Waals surface area contributed by atoms with Crippen LogP contribution in [0.25, 0.3) is 11.6 Å². The van der Waals surface area contributed by atoms with Crippen molar-refractivity contribution in [3.63, 3.8) is 0 Å². The van der Waals surface area contributed by atoms with Crippen molar-refractivity contribution in [1.29, 1.82) is 0 Å². The number of fused-ring (bicyclic) bond motifs is 1. The van der Waals surface area contributed by atoms with E-state index in [9.17, 15) is 4.79 Å². The molecule has 0 unspecified atom stereocenters. The molecule has 36 heavy (non-hydrogen) atoms. The van der Waals surface area contributed by atoms with Crippen LogP contribution in [-0.4, -0.2) is 35.0 Å². The molecular weight excluding hydrogens is 454 g/mol. The van der Waals surface area contributed by atoms with Gasteiger partial charge in [0.1, 0.15) is 18.0 Å². The second-order valence-electron chi connectivity index (χ2n) is 8.75. The van der Waals surface area contributed by atoms with Crippen molar-refractivity contribution in [2.24, 2.45) is 0 Å². The molecule has 0 saturated heterocycles. The van der Waals surface area contributed by atoms with Gasteiger partial charge in [0.2, 0.25) is 5.91 Å². The van der Waals surface area contributed by atoms with Crippen molar-refractivity contribution in [2.75, 3.05) is 5.32 Å². The molecule has 0 spiro atoms. The number of aryl methyl sites for hydroxylation is 3. The first-order valence-corrected chi connectivity index (χ1v) is 11.7. The predicted octanol–water partition coefficient (Wildman–Crippen LogP) is 4.30. The van der Waals surface area contributed by atoms with E-state index in [0.29, 0.717) is 24.0 Å². The molecule has 0 atom stereocenters. The van der Waals surface area contributed by atoms with Crippen LogP contribution in [0.5, 0.6) is 5.75 Å². The van der Waals surface area contributed by atoms with Gasteiger partial charge in [0.15, 0.2) is 0 Å². The molecule has 1 amide bonds. The quantitative estimate of drug-likeness (QED) is 0.372. The Morgan fingerprint density at radius 3 is 2.56 bits per heavy atom. The molecule has 5 aromatic rings. The summed E-state index contributed by atoms with van der Waals surface area (Å²) in [5, 5.41) is 7.55. The third-order valence-electron chi connectivity index (χ3n) is 5.86. The lowest BCUT2D eigenvalue weighted by Crippen LogP contribution is -2.15. The smallest absolute Gasteiger partial charge is 0.251 e. The van der Waals surface area contributed by atoms with Crippen LogP contribution in [0.4, 0.5) is 5.69 Å². The molecule has 4 heterocycles. The maximum Gasteiger partial charge on any atom is 0.251 e. The number of carbonyl (C=O) groups excluding carboxylic acids is 1. The highest BCUT2D eigenvalue weighted by molar-refractivity contribution is 5.92. The number of hydrogen-bond donors (Lipinski definition) is 1. The average molecular weight is 482 g/mol. The van der Waals surface area contributed by atoms with E-state index in [4.69, 9.17) is 4.74 Å². The second kappa shape index (κ2) is 9.61. The molecule has 0 aliphatic carbocycles. The van der Waals surface area contributed by atoms with E-state index in [2.05, 4.69) is 25.4 Å². The molecular formula is C27H27N7O2. The van der Waals surface area contributed by atoms with Gasteiger partial charge in [0.05, 0.1) is 17.8 Å². The van der Waals surface area contributed by atoms with Crippen LogP contribution in [0.2, 0.25) is 0 Å². The van der Waals surface area contributed by atoms with Crippen LogP contribution in [-0.2, 0) is 17.8 Å². The van der Waals surface area contributed by atoms with Crippen LogP contribution in [0.3, 0.4) is 0 Å². The number of amides is 1. The second-order valence-corrected chi connectivity index (χ2v) is 8.75. The lowest BCUT2D eigenvalue weighted by Gasteiger charge is -2.09. The fraction of sp³-hybridized carbons (Fsp3) is 0.222. The molecule has 4 aromatic heterocycles. The van der Waals surface area contributed by atoms with Crippen molar-refractivity contribution in [3.8, 4) is 11.7 Å². The van der Waals surface area contributed by atoms with E-state index in [1.807, 2.05) is 87.0 Å². The van der Waals surface area contributed by atoms with Crippen molar-refractivity contribution in [1.82, 2.24) is 29.1 Å². The number of rotatable bonds is 7. The maximum absolute atomic E-state index is 12.9. The van der Waals surface area contributed by atoms with Gasteiger partial charge in [0.25, 0.3) is 5.95 Å². The van der Waals surface area contributed by atoms with Gasteiger partial charge < -0.3 is 14.5 Å². The van der Waals surface area contributed by atoms with Crippen molar-refractivity contribution < 1.29 is 9.53 Å². The minimum atomic E-state index is -0.139. The van der Waals surface area contributed by atoms with Crippen molar-refractivity contribution >= 4 is 17.2 Å². The predicted molar refractivity (Wildman–Crippen MR) is 136 cm³/mol. The highest BCUT2D eigenvalue weighted by atomic mass is 16.5. The Balaban J connectivity index is 1.25. The molecule has 0 aliphatic heterocycles. The molecule has 9 heteroatoms. The molecule has 5 rings (SSSR count). The standard InChI is InChI=1S/C27H27N7O2/c1-17-12-18(2)29-27(28-17)34-20(4)24(19(3)32-34)14-26(35)31-21-8-7-9-23(13-21)36-16-22-15-33-11-6-5-10-25(33)30-22/h5-13,15H,14,16H2,1-4H3,(H,31,35). The van der Waals surface area contributed by atoms with Crippen molar-refractivity contribution in [3.05, 3.63) is 95.0 Å². The molecule has 0 aliphatic rings. The number of ether oxygens (including phenoxy) is 1. The fourth-order valence-electron chi connectivity index (χ4n) is 4.17. The lowest BCUT2D eigenvalue weighted by molar-refractivity contribution is -0.115. The van der Waals surface area contributed by atoms with E-state index < -0.39 is 0 Å². The highest BCUT2D eigenvalue weighted by Crippen LogP contribution is 2.21. The summed E-state index contributed by atoms with van der Waals surface area (Å²) in [6.07, 6.45) is 4.08. The monoisotopic (exact) mass is 481 g/mol. The summed E-state index contributed by atoms with van der Waals surface area (Å²) in [6, 6.07) is 15.1. The SMILES string of the molecule is Cc1cc(C)nc(-n2nc(C)c(CC(=O)Nc3cccc(OCc4cn5ccccc5n4)c3)c2C)n1. The van der Waals surface area contributed by atoms with E-state index in [1.54, 1.807) is 10.7 Å². The molecule has 1 N–H and O–H groups in total. The minimum Gasteiger partial charge on any atom is -0.487 e. The van der Waals surface area contributed by atoms with Gasteiger partial charge in [-0.15, -0.1) is 0 Å². The average Bonchev–Trinajstić information content (AvgIpc) is 3.38. The third-order valence-corrected chi connectivity index (χ3v) is 5.86. The molecule has 0 radical (unpaired) electrons. The minimum absolute atomic E-state index is 0.139. The number of aromatic nitrogens is 6. The topological polar surface area (TPSA) is 99.2 Å². The first kappa shape index (κ1) is 23.2. The Hall–Kier alpha value is -4.53. The van der Waals surface area contributed by atoms with E-state index in [-0.39, 0.29) is 12.3 Å². The Kier molecular flexibility index (Phi) is 6.20. The molecule has 9 nitrogen and oxygen atoms in total. The Morgan fingerprint density at radius 2 is 1.78 bits per heavy atom. The number of benzene rings is 1. The summed E-state index contributed by atoms with van der Waals surface area (Å²) >= 11 is 0. The number of pyridine rings is 1. The van der Waals surface area contributed by atoms with Gasteiger partial charge in [0, 0.05) is 46.8 Å². The van der Waals surface area contributed by atoms with Crippen molar-refractivity contribution in [2.45, 2.75) is 40.7 Å². The van der Waals surface area contributed by atoms with Crippen LogP contribution in [0.15, 0.2) is 60.9 Å². The molecule has 0 fully saturated rings. The molecule has 1 aromatic carbocycles. The van der Waals surface area contributed by atoms with E-state index >= 15 is 0 Å². The van der Waals surface area contributed by atoms with Gasteiger partial charge >= 0.3 is 0 Å². The van der Waals surface area contributed by atoms with Crippen LogP contribution in [0.1, 0.15) is 34.0 Å². The van der Waals surface area contributed by atoms with Gasteiger partial charge in [-0.25, -0.2) is 19.6 Å². The molecule has 0 bridgehead atoms. The Morgan fingerprint density at radius 1 is 0.972 bits per heavy atom. The van der Waals surface area contributed by atoms with Gasteiger partial charge in [-0.1, -0.05) is 12.1 Å². The Bertz CT molecular complexity index is 1510. The van der Waals surface area contributed by atoms with E-state index in [1.165, 1.54) is 0 Å². The fourth-order valence-corrected chi connectivity index (χ4v) is 4.17. The summed E-state index contributed by atoms with van der Waals surface area (Å²) in [6.45, 7) is 8.00. The number of anilines is 1. The first-order chi connectivity index (χ1) is 17.4. The molecule has 0 saturated carbocycles. The summed E-state index contributed by atoms with van der Waals surface area (Å²) < 4.78 is 9.57. The zero-order chi connectivity index (χ0) is 25.2. The summed E-state index contributed by atoms with van der Waals surface area (Å²) in [5.74, 6) is 1.02. The van der Waals surface area contributed by atoms with Gasteiger partial charge in [-0.05, 0) is 58.0 Å². The first-order valence-electron chi connectivity index (χ1n) is 11.7. The van der Waals surface area contributed by atoms with E-state index in [0.717, 1.165) is 39.7 Å². The number of nitrogens with one attached hydrogen (secondary N) is 1. The van der Waals surface area contributed by atoms with Gasteiger partial charge in [-0.3, -0.25) is 4.79 Å². The number of imidazole rings is 1. The van der Waals surface area contributed by atoms with Crippen LogP contribution >= 0.6 is 0 Å². The number of nitrogens with zero attached hydrogens (tertiary/aromatic N) is 6. The third kappa shape index (κ3) is 4.95. The molecule has 182 valence electrons. The van der Waals surface area contributed by atoms with Gasteiger partial charge in [-0.2, -0.15) is 5.10 Å². The lowest BCUT2D eigenvalue weighted by atomic mass is 10.1. The van der Waals surface area contributed by atoms with Crippen LogP contribution in [0, 0.1) is 27.7 Å². The summed E-state index contributed by atoms with van der Waals surface area (Å²) in [5.41, 5.74) is 6.57. The summed E-state index contributed by atoms with van der Waals surface area (Å²) in [7, 11) is 0. The summed E-state index contributed by atoms with van der Waals surface area (Å²) in [4.78, 5) is 26.4.